The number of nitrogens with one attached hydrogen (secondary N) is 1. The van der Waals surface area contributed by atoms with Crippen molar-refractivity contribution in [2.24, 2.45) is 16.2 Å². The molecule has 25 heavy (non-hydrogen) atoms. The first kappa shape index (κ1) is 20.6. The van der Waals surface area contributed by atoms with E-state index >= 15 is 0 Å². The van der Waals surface area contributed by atoms with Gasteiger partial charge in [-0.25, -0.2) is 0 Å². The Balaban J connectivity index is 3.19. The van der Waals surface area contributed by atoms with Gasteiger partial charge in [-0.15, -0.1) is 0 Å². The molecule has 1 amide bonds. The number of aromatic nitrogens is 1. The Hall–Kier alpha value is -2.44. The highest BCUT2D eigenvalue weighted by atomic mass is 16.5. The van der Waals surface area contributed by atoms with Crippen LogP contribution >= 0.6 is 0 Å². The fraction of sp³-hybridized carbons (Fsp3) is 0.556. The summed E-state index contributed by atoms with van der Waals surface area (Å²) >= 11 is 0. The van der Waals surface area contributed by atoms with Crippen LogP contribution in [0.2, 0.25) is 0 Å². The van der Waals surface area contributed by atoms with Crippen molar-refractivity contribution < 1.29 is 24.2 Å². The van der Waals surface area contributed by atoms with Gasteiger partial charge in [-0.2, -0.15) is 0 Å². The minimum atomic E-state index is -1.50. The number of amides is 1. The number of carboxylic acid groups (broad SMARTS) is 1. The minimum Gasteiger partial charge on any atom is -0.481 e. The summed E-state index contributed by atoms with van der Waals surface area (Å²) in [5, 5.41) is 12.6. The molecule has 7 nitrogen and oxygen atoms in total. The number of nitrogens with zero attached hydrogens (tertiary/aromatic N) is 1. The summed E-state index contributed by atoms with van der Waals surface area (Å²) in [7, 11) is 1.25. The van der Waals surface area contributed by atoms with Gasteiger partial charge in [0.1, 0.15) is 0 Å². The van der Waals surface area contributed by atoms with E-state index in [0.717, 1.165) is 0 Å². The maximum atomic E-state index is 12.8. The van der Waals surface area contributed by atoms with Crippen LogP contribution in [0.1, 0.15) is 41.0 Å². The number of carbonyl (C=O) groups excluding carboxylic acids is 2. The van der Waals surface area contributed by atoms with E-state index in [9.17, 15) is 19.5 Å². The number of anilines is 1. The zero-order chi connectivity index (χ0) is 19.5. The topological polar surface area (TPSA) is 106 Å². The third-order valence-electron chi connectivity index (χ3n) is 4.89. The van der Waals surface area contributed by atoms with Gasteiger partial charge in [0.15, 0.2) is 0 Å². The molecule has 2 N–H and O–H groups in total. The smallest absolute Gasteiger partial charge is 0.311 e. The van der Waals surface area contributed by atoms with Crippen molar-refractivity contribution in [3.8, 4) is 0 Å². The van der Waals surface area contributed by atoms with Crippen molar-refractivity contribution >= 4 is 23.5 Å². The molecule has 0 fully saturated rings. The molecular formula is C18H26N2O5. The van der Waals surface area contributed by atoms with Crippen molar-refractivity contribution in [1.29, 1.82) is 0 Å². The second-order valence-electron chi connectivity index (χ2n) is 7.50. The molecule has 0 saturated heterocycles. The molecule has 0 aliphatic heterocycles. The number of rotatable bonds is 7. The molecule has 0 radical (unpaired) electrons. The van der Waals surface area contributed by atoms with Crippen LogP contribution in [0.5, 0.6) is 0 Å². The fourth-order valence-electron chi connectivity index (χ4n) is 2.77. The average Bonchev–Trinajstić information content (AvgIpc) is 2.53. The molecule has 1 unspecified atom stereocenters. The quantitative estimate of drug-likeness (QED) is 0.733. The lowest BCUT2D eigenvalue weighted by Crippen LogP contribution is -2.52. The van der Waals surface area contributed by atoms with Gasteiger partial charge in [-0.3, -0.25) is 19.4 Å². The molecule has 0 aliphatic carbocycles. The van der Waals surface area contributed by atoms with Gasteiger partial charge in [0.05, 0.1) is 23.4 Å². The van der Waals surface area contributed by atoms with Crippen LogP contribution in [0.4, 0.5) is 5.69 Å². The molecule has 0 spiro atoms. The lowest BCUT2D eigenvalue weighted by Gasteiger charge is -2.43. The summed E-state index contributed by atoms with van der Waals surface area (Å²) in [6.07, 6.45) is 3.00. The Labute approximate surface area is 147 Å². The molecule has 0 aromatic carbocycles. The average molecular weight is 350 g/mol. The van der Waals surface area contributed by atoms with Gasteiger partial charge in [0, 0.05) is 18.1 Å². The molecule has 1 aromatic rings. The molecule has 0 saturated carbocycles. The van der Waals surface area contributed by atoms with Crippen LogP contribution in [-0.2, 0) is 19.1 Å². The zero-order valence-electron chi connectivity index (χ0n) is 15.5. The van der Waals surface area contributed by atoms with Gasteiger partial charge < -0.3 is 15.2 Å². The van der Waals surface area contributed by atoms with Crippen LogP contribution in [0.25, 0.3) is 0 Å². The summed E-state index contributed by atoms with van der Waals surface area (Å²) < 4.78 is 4.77. The van der Waals surface area contributed by atoms with Gasteiger partial charge in [-0.1, -0.05) is 0 Å². The Morgan fingerprint density at radius 1 is 1.12 bits per heavy atom. The fourth-order valence-corrected chi connectivity index (χ4v) is 2.77. The first-order valence-corrected chi connectivity index (χ1v) is 7.92. The Kier molecular flexibility index (Phi) is 5.94. The second-order valence-corrected chi connectivity index (χ2v) is 7.50. The van der Waals surface area contributed by atoms with E-state index in [1.165, 1.54) is 26.4 Å². The van der Waals surface area contributed by atoms with Crippen LogP contribution in [0.3, 0.4) is 0 Å². The van der Waals surface area contributed by atoms with Crippen molar-refractivity contribution in [3.63, 3.8) is 0 Å². The van der Waals surface area contributed by atoms with E-state index < -0.39 is 34.1 Å². The number of carbonyl (C=O) groups is 3. The number of hydrogen-bond acceptors (Lipinski definition) is 5. The summed E-state index contributed by atoms with van der Waals surface area (Å²) in [6, 6.07) is 3.23. The molecule has 138 valence electrons. The summed E-state index contributed by atoms with van der Waals surface area (Å²) in [6.45, 7) is 7.82. The molecule has 1 heterocycles. The van der Waals surface area contributed by atoms with Crippen LogP contribution in [0.15, 0.2) is 24.5 Å². The van der Waals surface area contributed by atoms with E-state index in [2.05, 4.69) is 10.3 Å². The number of ether oxygens (including phenoxy) is 1. The Morgan fingerprint density at radius 2 is 1.64 bits per heavy atom. The van der Waals surface area contributed by atoms with Gasteiger partial charge >= 0.3 is 11.9 Å². The van der Waals surface area contributed by atoms with Crippen molar-refractivity contribution in [2.45, 2.75) is 41.0 Å². The molecular weight excluding hydrogens is 324 g/mol. The summed E-state index contributed by atoms with van der Waals surface area (Å²) in [5.74, 6) is -2.13. The maximum Gasteiger partial charge on any atom is 0.311 e. The van der Waals surface area contributed by atoms with E-state index in [-0.39, 0.29) is 6.42 Å². The molecule has 7 heteroatoms. The predicted molar refractivity (Wildman–Crippen MR) is 92.8 cm³/mol. The highest BCUT2D eigenvalue weighted by molar-refractivity contribution is 5.98. The first-order chi connectivity index (χ1) is 11.4. The van der Waals surface area contributed by atoms with Gasteiger partial charge in [-0.05, 0) is 53.2 Å². The predicted octanol–water partition coefficient (Wildman–Crippen LogP) is 2.73. The number of carboxylic acids is 1. The monoisotopic (exact) mass is 350 g/mol. The molecule has 0 aliphatic rings. The highest BCUT2D eigenvalue weighted by Crippen LogP contribution is 2.48. The standard InChI is InChI=1S/C18H26N2O5/c1-16(2,15(24)25-6)11-18(5,14(22)23)17(3,4)13(21)20-12-7-9-19-10-8-12/h7-10H,11H2,1-6H3,(H,22,23)(H,19,20,21). The molecule has 1 aromatic heterocycles. The number of aliphatic carboxylic acids is 1. The van der Waals surface area contributed by atoms with Crippen molar-refractivity contribution in [3.05, 3.63) is 24.5 Å². The minimum absolute atomic E-state index is 0.0568. The Bertz CT molecular complexity index is 655. The largest absolute Gasteiger partial charge is 0.481 e. The number of methoxy groups -OCH3 is 1. The van der Waals surface area contributed by atoms with Crippen LogP contribution in [-0.4, -0.2) is 35.0 Å². The third kappa shape index (κ3) is 4.15. The number of hydrogen-bond donors (Lipinski definition) is 2. The molecule has 1 atom stereocenters. The summed E-state index contributed by atoms with van der Waals surface area (Å²) in [4.78, 5) is 40.7. The maximum absolute atomic E-state index is 12.8. The van der Waals surface area contributed by atoms with Gasteiger partial charge in [0.25, 0.3) is 0 Å². The first-order valence-electron chi connectivity index (χ1n) is 7.92. The molecule has 0 bridgehead atoms. The van der Waals surface area contributed by atoms with Crippen molar-refractivity contribution in [2.75, 3.05) is 12.4 Å². The zero-order valence-corrected chi connectivity index (χ0v) is 15.5. The van der Waals surface area contributed by atoms with E-state index in [1.54, 1.807) is 39.8 Å². The number of pyridine rings is 1. The SMILES string of the molecule is COC(=O)C(C)(C)CC(C)(C(=O)O)C(C)(C)C(=O)Nc1ccncc1. The second kappa shape index (κ2) is 7.21. The van der Waals surface area contributed by atoms with E-state index in [4.69, 9.17) is 4.74 Å². The molecule has 1 rings (SSSR count). The third-order valence-corrected chi connectivity index (χ3v) is 4.89. The summed E-state index contributed by atoms with van der Waals surface area (Å²) in [5.41, 5.74) is -3.33. The van der Waals surface area contributed by atoms with Gasteiger partial charge in [0.2, 0.25) is 5.91 Å². The lowest BCUT2D eigenvalue weighted by atomic mass is 9.59. The lowest BCUT2D eigenvalue weighted by molar-refractivity contribution is -0.167. The number of esters is 1. The van der Waals surface area contributed by atoms with Crippen molar-refractivity contribution in [1.82, 2.24) is 4.98 Å². The highest BCUT2D eigenvalue weighted by Gasteiger charge is 2.55. The Morgan fingerprint density at radius 3 is 2.08 bits per heavy atom. The normalized spacial score (nSPS) is 14.3. The van der Waals surface area contributed by atoms with E-state index in [0.29, 0.717) is 5.69 Å². The van der Waals surface area contributed by atoms with Crippen LogP contribution in [0, 0.1) is 16.2 Å². The van der Waals surface area contributed by atoms with E-state index in [1.807, 2.05) is 0 Å². The van der Waals surface area contributed by atoms with Crippen LogP contribution < -0.4 is 5.32 Å².